The second kappa shape index (κ2) is 6.52. The first kappa shape index (κ1) is 17.8. The van der Waals surface area contributed by atoms with Gasteiger partial charge in [-0.3, -0.25) is 9.59 Å². The van der Waals surface area contributed by atoms with E-state index in [9.17, 15) is 14.4 Å². The van der Waals surface area contributed by atoms with Gasteiger partial charge in [0.15, 0.2) is 0 Å². The van der Waals surface area contributed by atoms with Crippen LogP contribution in [0.3, 0.4) is 0 Å². The number of nitrogens with zero attached hydrogens (tertiary/aromatic N) is 3. The summed E-state index contributed by atoms with van der Waals surface area (Å²) in [6.45, 7) is 6.68. The van der Waals surface area contributed by atoms with Crippen LogP contribution in [0.15, 0.2) is 4.79 Å². The summed E-state index contributed by atoms with van der Waals surface area (Å²) in [5.74, 6) is -1.58. The Hall–Kier alpha value is -2.55. The van der Waals surface area contributed by atoms with Gasteiger partial charge in [0.1, 0.15) is 15.4 Å². The zero-order valence-corrected chi connectivity index (χ0v) is 14.8. The molecule has 0 bridgehead atoms. The minimum absolute atomic E-state index is 0.0311. The molecule has 2 rings (SSSR count). The molecule has 0 saturated heterocycles. The van der Waals surface area contributed by atoms with Crippen molar-refractivity contribution in [3.8, 4) is 0 Å². The molecule has 128 valence electrons. The predicted molar refractivity (Wildman–Crippen MR) is 88.6 cm³/mol. The third-order valence-corrected chi connectivity index (χ3v) is 5.01. The predicted octanol–water partition coefficient (Wildman–Crippen LogP) is 1.35. The van der Waals surface area contributed by atoms with Gasteiger partial charge in [0, 0.05) is 7.05 Å². The number of carboxylic acid groups (broad SMARTS) is 1. The van der Waals surface area contributed by atoms with Gasteiger partial charge >= 0.3 is 5.97 Å². The maximum absolute atomic E-state index is 12.5. The fourth-order valence-electron chi connectivity index (χ4n) is 2.25. The molecular weight excluding hydrogens is 332 g/mol. The number of carbonyl (C=O) groups is 2. The van der Waals surface area contributed by atoms with Gasteiger partial charge in [-0.25, -0.2) is 14.5 Å². The van der Waals surface area contributed by atoms with Crippen molar-refractivity contribution in [1.82, 2.24) is 20.1 Å². The number of carbonyl (C=O) groups excluding carboxylic acids is 1. The van der Waals surface area contributed by atoms with Crippen LogP contribution in [-0.2, 0) is 7.05 Å². The van der Waals surface area contributed by atoms with Crippen LogP contribution in [0.2, 0.25) is 0 Å². The topological polar surface area (TPSA) is 114 Å². The van der Waals surface area contributed by atoms with Crippen molar-refractivity contribution in [3.05, 3.63) is 42.8 Å². The van der Waals surface area contributed by atoms with Crippen LogP contribution >= 0.6 is 11.3 Å². The molecule has 0 spiro atoms. The summed E-state index contributed by atoms with van der Waals surface area (Å²) >= 11 is 1.01. The number of aryl methyl sites for hydroxylation is 3. The summed E-state index contributed by atoms with van der Waals surface area (Å²) in [6, 6.07) is -0.521. The Morgan fingerprint density at radius 3 is 2.42 bits per heavy atom. The number of aromatic nitrogens is 3. The average Bonchev–Trinajstić information content (AvgIpc) is 2.87. The van der Waals surface area contributed by atoms with Crippen LogP contribution in [-0.4, -0.2) is 31.7 Å². The number of rotatable bonds is 4. The molecule has 8 nitrogen and oxygen atoms in total. The largest absolute Gasteiger partial charge is 0.477 e. The summed E-state index contributed by atoms with van der Waals surface area (Å²) < 4.78 is 1.12. The van der Waals surface area contributed by atoms with E-state index in [4.69, 9.17) is 5.11 Å². The summed E-state index contributed by atoms with van der Waals surface area (Å²) in [5, 5.41) is 16.3. The van der Waals surface area contributed by atoms with Crippen molar-refractivity contribution in [1.29, 1.82) is 0 Å². The zero-order chi connectivity index (χ0) is 18.2. The standard InChI is InChI=1S/C15H18N4O4S/c1-6-7(2)18-19(5)14(21)10(6)12(20)16-9(4)13-17-8(3)11(24-13)15(22)23/h9H,1-5H3,(H,16,20)(H,22,23). The molecule has 1 unspecified atom stereocenters. The fraction of sp³-hybridized carbons (Fsp3) is 0.400. The molecule has 9 heteroatoms. The first-order valence-corrected chi connectivity index (χ1v) is 8.01. The third kappa shape index (κ3) is 3.21. The Morgan fingerprint density at radius 1 is 1.25 bits per heavy atom. The smallest absolute Gasteiger partial charge is 0.347 e. The minimum atomic E-state index is -1.05. The molecule has 0 aliphatic carbocycles. The van der Waals surface area contributed by atoms with Gasteiger partial charge in [-0.2, -0.15) is 5.10 Å². The molecular formula is C15H18N4O4S. The molecule has 2 aromatic rings. The van der Waals surface area contributed by atoms with E-state index < -0.39 is 23.5 Å². The summed E-state index contributed by atoms with van der Waals surface area (Å²) in [4.78, 5) is 40.1. The van der Waals surface area contributed by atoms with E-state index in [1.165, 1.54) is 7.05 Å². The number of aromatic carboxylic acids is 1. The molecule has 2 N–H and O–H groups in total. The van der Waals surface area contributed by atoms with E-state index in [-0.39, 0.29) is 10.4 Å². The lowest BCUT2D eigenvalue weighted by molar-refractivity contribution is 0.0701. The van der Waals surface area contributed by atoms with E-state index in [1.807, 2.05) is 0 Å². The highest BCUT2D eigenvalue weighted by Gasteiger charge is 2.23. The first-order valence-electron chi connectivity index (χ1n) is 7.19. The Kier molecular flexibility index (Phi) is 4.83. The van der Waals surface area contributed by atoms with Crippen LogP contribution in [0.4, 0.5) is 0 Å². The highest BCUT2D eigenvalue weighted by Crippen LogP contribution is 2.23. The monoisotopic (exact) mass is 350 g/mol. The molecule has 2 aromatic heterocycles. The maximum Gasteiger partial charge on any atom is 0.347 e. The first-order chi connectivity index (χ1) is 11.1. The normalized spacial score (nSPS) is 12.0. The molecule has 0 aliphatic heterocycles. The van der Waals surface area contributed by atoms with E-state index in [2.05, 4.69) is 15.4 Å². The molecule has 2 heterocycles. The quantitative estimate of drug-likeness (QED) is 0.860. The van der Waals surface area contributed by atoms with Crippen LogP contribution in [0.1, 0.15) is 55.0 Å². The summed E-state index contributed by atoms with van der Waals surface area (Å²) in [7, 11) is 1.48. The minimum Gasteiger partial charge on any atom is -0.477 e. The molecule has 0 fully saturated rings. The molecule has 24 heavy (non-hydrogen) atoms. The second-order valence-electron chi connectivity index (χ2n) is 5.48. The molecule has 0 aromatic carbocycles. The van der Waals surface area contributed by atoms with Crippen LogP contribution in [0.25, 0.3) is 0 Å². The van der Waals surface area contributed by atoms with Crippen molar-refractivity contribution in [2.75, 3.05) is 0 Å². The van der Waals surface area contributed by atoms with Crippen LogP contribution < -0.4 is 10.9 Å². The lowest BCUT2D eigenvalue weighted by Gasteiger charge is -2.13. The highest BCUT2D eigenvalue weighted by molar-refractivity contribution is 7.13. The number of amides is 1. The molecule has 1 atom stereocenters. The van der Waals surface area contributed by atoms with E-state index in [0.717, 1.165) is 16.0 Å². The van der Waals surface area contributed by atoms with E-state index in [0.29, 0.717) is 22.0 Å². The Bertz CT molecular complexity index is 884. The molecule has 1 amide bonds. The summed E-state index contributed by atoms with van der Waals surface area (Å²) in [6.07, 6.45) is 0. The van der Waals surface area contributed by atoms with Crippen molar-refractivity contribution in [2.45, 2.75) is 33.7 Å². The summed E-state index contributed by atoms with van der Waals surface area (Å²) in [5.41, 5.74) is 1.06. The van der Waals surface area contributed by atoms with Crippen LogP contribution in [0.5, 0.6) is 0 Å². The molecule has 0 aliphatic rings. The third-order valence-electron chi connectivity index (χ3n) is 3.68. The van der Waals surface area contributed by atoms with Gasteiger partial charge in [-0.1, -0.05) is 0 Å². The van der Waals surface area contributed by atoms with Crippen molar-refractivity contribution < 1.29 is 14.7 Å². The van der Waals surface area contributed by atoms with Crippen molar-refractivity contribution in [3.63, 3.8) is 0 Å². The molecule has 0 radical (unpaired) electrons. The second-order valence-corrected chi connectivity index (χ2v) is 6.51. The van der Waals surface area contributed by atoms with Crippen LogP contribution in [0, 0.1) is 20.8 Å². The highest BCUT2D eigenvalue weighted by atomic mass is 32.1. The zero-order valence-electron chi connectivity index (χ0n) is 14.0. The number of hydrogen-bond acceptors (Lipinski definition) is 6. The van der Waals surface area contributed by atoms with Gasteiger partial charge in [-0.15, -0.1) is 11.3 Å². The number of nitrogens with one attached hydrogen (secondary N) is 1. The van der Waals surface area contributed by atoms with Gasteiger partial charge in [0.25, 0.3) is 11.5 Å². The number of hydrogen-bond donors (Lipinski definition) is 2. The lowest BCUT2D eigenvalue weighted by Crippen LogP contribution is -2.36. The SMILES string of the molecule is Cc1nc(C(C)NC(=O)c2c(C)c(C)nn(C)c2=O)sc1C(=O)O. The Morgan fingerprint density at radius 2 is 1.88 bits per heavy atom. The Balaban J connectivity index is 2.32. The van der Waals surface area contributed by atoms with Crippen molar-refractivity contribution >= 4 is 23.2 Å². The van der Waals surface area contributed by atoms with Gasteiger partial charge < -0.3 is 10.4 Å². The van der Waals surface area contributed by atoms with E-state index in [1.54, 1.807) is 27.7 Å². The van der Waals surface area contributed by atoms with Gasteiger partial charge in [0.05, 0.1) is 17.4 Å². The van der Waals surface area contributed by atoms with Crippen molar-refractivity contribution in [2.24, 2.45) is 7.05 Å². The van der Waals surface area contributed by atoms with Gasteiger partial charge in [-0.05, 0) is 33.3 Å². The van der Waals surface area contributed by atoms with E-state index >= 15 is 0 Å². The number of thiazole rings is 1. The lowest BCUT2D eigenvalue weighted by atomic mass is 10.1. The Labute approximate surface area is 142 Å². The van der Waals surface area contributed by atoms with Gasteiger partial charge in [0.2, 0.25) is 0 Å². The average molecular weight is 350 g/mol. The fourth-order valence-corrected chi connectivity index (χ4v) is 3.16. The number of carboxylic acids is 1. The molecule has 0 saturated carbocycles. The maximum atomic E-state index is 12.5.